The van der Waals surface area contributed by atoms with Crippen LogP contribution in [0, 0.1) is 0 Å². The van der Waals surface area contributed by atoms with Crippen molar-refractivity contribution in [2.24, 2.45) is 0 Å². The Morgan fingerprint density at radius 1 is 1.07 bits per heavy atom. The summed E-state index contributed by atoms with van der Waals surface area (Å²) in [5.41, 5.74) is 1.95. The summed E-state index contributed by atoms with van der Waals surface area (Å²) in [5.74, 6) is 0.544. The van der Waals surface area contributed by atoms with E-state index in [4.69, 9.17) is 0 Å². The minimum atomic E-state index is 0.216. The Morgan fingerprint density at radius 2 is 1.75 bits per heavy atom. The molecule has 5 nitrogen and oxygen atoms in total. The van der Waals surface area contributed by atoms with Crippen LogP contribution in [0.5, 0.6) is 5.75 Å². The topological polar surface area (TPSA) is 48.2 Å². The van der Waals surface area contributed by atoms with Gasteiger partial charge in [0.25, 0.3) is 5.91 Å². The fourth-order valence-corrected chi connectivity index (χ4v) is 5.14. The number of aromatic hydroxyl groups is 1. The van der Waals surface area contributed by atoms with E-state index in [0.29, 0.717) is 17.5 Å². The van der Waals surface area contributed by atoms with Gasteiger partial charge in [-0.2, -0.15) is 0 Å². The molecule has 1 fully saturated rings. The van der Waals surface area contributed by atoms with Crippen LogP contribution < -0.4 is 14.7 Å². The molecule has 2 aliphatic heterocycles. The Kier molecular flexibility index (Phi) is 5.78. The lowest BCUT2D eigenvalue weighted by atomic mass is 10.2. The van der Waals surface area contributed by atoms with Crippen LogP contribution in [0.1, 0.15) is 13.3 Å². The zero-order valence-electron chi connectivity index (χ0n) is 16.3. The number of hydrogen-bond donors (Lipinski definition) is 2. The van der Waals surface area contributed by atoms with Crippen molar-refractivity contribution in [2.75, 3.05) is 49.1 Å². The van der Waals surface area contributed by atoms with E-state index >= 15 is 0 Å². The SMILES string of the molecule is C[C@H]1CCN(C(=O)C[NH+]2CCN(c3ccccc3O)CC2)c2ccccc2S1. The highest BCUT2D eigenvalue weighted by Crippen LogP contribution is 2.37. The first-order chi connectivity index (χ1) is 13.6. The number of piperazine rings is 1. The summed E-state index contributed by atoms with van der Waals surface area (Å²) in [6.45, 7) is 7.07. The molecule has 1 atom stereocenters. The van der Waals surface area contributed by atoms with Gasteiger partial charge in [0.1, 0.15) is 5.75 Å². The fourth-order valence-electron chi connectivity index (χ4n) is 4.03. The lowest BCUT2D eigenvalue weighted by molar-refractivity contribution is -0.892. The molecule has 1 saturated heterocycles. The standard InChI is InChI=1S/C22H27N3O2S/c1-17-10-11-25(19-7-3-5-9-21(19)28-17)22(27)16-23-12-14-24(15-13-23)18-6-2-4-8-20(18)26/h2-9,17,26H,10-16H2,1H3/p+1/t17-/m0/s1. The molecule has 2 heterocycles. The number of nitrogens with zero attached hydrogens (tertiary/aromatic N) is 2. The van der Waals surface area contributed by atoms with Crippen molar-refractivity contribution in [2.45, 2.75) is 23.5 Å². The fraction of sp³-hybridized carbons (Fsp3) is 0.409. The summed E-state index contributed by atoms with van der Waals surface area (Å²) < 4.78 is 0. The number of anilines is 2. The van der Waals surface area contributed by atoms with Crippen molar-refractivity contribution in [3.05, 3.63) is 48.5 Å². The van der Waals surface area contributed by atoms with Gasteiger partial charge >= 0.3 is 0 Å². The number of thioether (sulfide) groups is 1. The smallest absolute Gasteiger partial charge is 0.282 e. The molecule has 0 aliphatic carbocycles. The van der Waals surface area contributed by atoms with E-state index in [-0.39, 0.29) is 5.91 Å². The number of rotatable bonds is 3. The van der Waals surface area contributed by atoms with Gasteiger partial charge in [-0.1, -0.05) is 31.2 Å². The van der Waals surface area contributed by atoms with Crippen molar-refractivity contribution in [3.63, 3.8) is 0 Å². The Balaban J connectivity index is 1.39. The van der Waals surface area contributed by atoms with Gasteiger partial charge in [0, 0.05) is 16.7 Å². The van der Waals surface area contributed by atoms with Crippen LogP contribution in [0.4, 0.5) is 11.4 Å². The molecular formula is C22H28N3O2S+. The normalized spacial score (nSPS) is 20.5. The van der Waals surface area contributed by atoms with Gasteiger partial charge < -0.3 is 19.8 Å². The molecule has 0 saturated carbocycles. The molecule has 2 aromatic carbocycles. The van der Waals surface area contributed by atoms with Crippen molar-refractivity contribution >= 4 is 29.0 Å². The zero-order chi connectivity index (χ0) is 19.5. The Hall–Kier alpha value is -2.18. The second-order valence-corrected chi connectivity index (χ2v) is 9.11. The largest absolute Gasteiger partial charge is 0.506 e. The van der Waals surface area contributed by atoms with Crippen LogP contribution in [-0.2, 0) is 4.79 Å². The number of quaternary nitrogens is 1. The third-order valence-corrected chi connectivity index (χ3v) is 6.88. The molecular weight excluding hydrogens is 370 g/mol. The van der Waals surface area contributed by atoms with Crippen molar-refractivity contribution < 1.29 is 14.8 Å². The average Bonchev–Trinajstić information content (AvgIpc) is 2.87. The van der Waals surface area contributed by atoms with Crippen LogP contribution in [0.25, 0.3) is 0 Å². The lowest BCUT2D eigenvalue weighted by Crippen LogP contribution is -3.16. The first-order valence-electron chi connectivity index (χ1n) is 10.0. The molecule has 0 bridgehead atoms. The number of carbonyl (C=O) groups is 1. The first kappa shape index (κ1) is 19.2. The molecule has 4 rings (SSSR count). The lowest BCUT2D eigenvalue weighted by Gasteiger charge is -2.34. The highest BCUT2D eigenvalue weighted by molar-refractivity contribution is 8.00. The van der Waals surface area contributed by atoms with E-state index in [9.17, 15) is 9.90 Å². The van der Waals surface area contributed by atoms with Gasteiger partial charge in [0.15, 0.2) is 6.54 Å². The Bertz CT molecular complexity index is 836. The number of phenols is 1. The highest BCUT2D eigenvalue weighted by atomic mass is 32.2. The summed E-state index contributed by atoms with van der Waals surface area (Å²) in [7, 11) is 0. The van der Waals surface area contributed by atoms with E-state index in [1.807, 2.05) is 40.9 Å². The Morgan fingerprint density at radius 3 is 2.50 bits per heavy atom. The van der Waals surface area contributed by atoms with Crippen LogP contribution in [0.2, 0.25) is 0 Å². The maximum absolute atomic E-state index is 13.1. The zero-order valence-corrected chi connectivity index (χ0v) is 17.1. The van der Waals surface area contributed by atoms with Gasteiger partial charge in [-0.3, -0.25) is 4.79 Å². The maximum atomic E-state index is 13.1. The van der Waals surface area contributed by atoms with E-state index in [1.54, 1.807) is 6.07 Å². The summed E-state index contributed by atoms with van der Waals surface area (Å²) in [6, 6.07) is 15.8. The molecule has 0 radical (unpaired) electrons. The molecule has 0 unspecified atom stereocenters. The number of hydrogen-bond acceptors (Lipinski definition) is 4. The van der Waals surface area contributed by atoms with Gasteiger partial charge in [0.05, 0.1) is 37.6 Å². The summed E-state index contributed by atoms with van der Waals surface area (Å²) >= 11 is 1.87. The van der Waals surface area contributed by atoms with Crippen LogP contribution >= 0.6 is 11.8 Å². The average molecular weight is 399 g/mol. The van der Waals surface area contributed by atoms with Crippen molar-refractivity contribution in [1.82, 2.24) is 0 Å². The van der Waals surface area contributed by atoms with Crippen LogP contribution in [0.3, 0.4) is 0 Å². The maximum Gasteiger partial charge on any atom is 0.282 e. The van der Waals surface area contributed by atoms with E-state index < -0.39 is 0 Å². The number of nitrogens with one attached hydrogen (secondary N) is 1. The Labute approximate surface area is 170 Å². The van der Waals surface area contributed by atoms with Crippen LogP contribution in [-0.4, -0.2) is 55.5 Å². The van der Waals surface area contributed by atoms with Gasteiger partial charge in [-0.05, 0) is 30.7 Å². The monoisotopic (exact) mass is 398 g/mol. The van der Waals surface area contributed by atoms with Crippen molar-refractivity contribution in [1.29, 1.82) is 0 Å². The molecule has 28 heavy (non-hydrogen) atoms. The third-order valence-electron chi connectivity index (χ3n) is 5.64. The molecule has 2 aromatic rings. The molecule has 6 heteroatoms. The number of para-hydroxylation sites is 3. The second-order valence-electron chi connectivity index (χ2n) is 7.63. The van der Waals surface area contributed by atoms with E-state index in [2.05, 4.69) is 30.0 Å². The second kappa shape index (κ2) is 8.45. The molecule has 0 aromatic heterocycles. The predicted octanol–water partition coefficient (Wildman–Crippen LogP) is 2.01. The number of fused-ring (bicyclic) bond motifs is 1. The van der Waals surface area contributed by atoms with E-state index in [0.717, 1.165) is 50.5 Å². The number of carbonyl (C=O) groups excluding carboxylic acids is 1. The van der Waals surface area contributed by atoms with E-state index in [1.165, 1.54) is 9.80 Å². The highest BCUT2D eigenvalue weighted by Gasteiger charge is 2.29. The molecule has 148 valence electrons. The summed E-state index contributed by atoms with van der Waals surface area (Å²) in [4.78, 5) is 19.9. The molecule has 2 aliphatic rings. The summed E-state index contributed by atoms with van der Waals surface area (Å²) in [6.07, 6.45) is 1.02. The number of amides is 1. The first-order valence-corrected chi connectivity index (χ1v) is 10.9. The van der Waals surface area contributed by atoms with Gasteiger partial charge in [0.2, 0.25) is 0 Å². The minimum Gasteiger partial charge on any atom is -0.506 e. The predicted molar refractivity (Wildman–Crippen MR) is 115 cm³/mol. The number of benzene rings is 2. The van der Waals surface area contributed by atoms with Gasteiger partial charge in [-0.15, -0.1) is 11.8 Å². The minimum absolute atomic E-state index is 0.216. The van der Waals surface area contributed by atoms with Gasteiger partial charge in [-0.25, -0.2) is 0 Å². The summed E-state index contributed by atoms with van der Waals surface area (Å²) in [5, 5.41) is 10.6. The third kappa shape index (κ3) is 4.13. The molecule has 0 spiro atoms. The van der Waals surface area contributed by atoms with Crippen LogP contribution in [0.15, 0.2) is 53.4 Å². The van der Waals surface area contributed by atoms with Crippen molar-refractivity contribution in [3.8, 4) is 5.75 Å². The number of phenolic OH excluding ortho intramolecular Hbond substituents is 1. The quantitative estimate of drug-likeness (QED) is 0.831. The molecule has 1 amide bonds. The molecule has 2 N–H and O–H groups in total.